The molecule has 11 heavy (non-hydrogen) atoms. The van der Waals surface area contributed by atoms with Gasteiger partial charge in [0.05, 0.1) is 0 Å². The zero-order chi connectivity index (χ0) is 8.43. The van der Waals surface area contributed by atoms with E-state index in [9.17, 15) is 4.39 Å². The molecule has 0 radical (unpaired) electrons. The van der Waals surface area contributed by atoms with E-state index < -0.39 is 0 Å². The van der Waals surface area contributed by atoms with Crippen molar-refractivity contribution in [2.45, 2.75) is 4.90 Å². The highest BCUT2D eigenvalue weighted by Gasteiger charge is 2.01. The minimum Gasteiger partial charge on any atom is -0.206 e. The Bertz CT molecular complexity index is 296. The highest BCUT2D eigenvalue weighted by Crippen LogP contribution is 2.26. The van der Waals surface area contributed by atoms with Gasteiger partial charge in [0, 0.05) is 9.92 Å². The molecule has 60 valence electrons. The zero-order valence-corrected chi connectivity index (χ0v) is 7.68. The number of benzene rings is 1. The second-order valence-corrected chi connectivity index (χ2v) is 4.36. The maximum Gasteiger partial charge on any atom is 0.136 e. The van der Waals surface area contributed by atoms with Gasteiger partial charge in [0.15, 0.2) is 0 Å². The van der Waals surface area contributed by atoms with Gasteiger partial charge in [0.1, 0.15) is 5.82 Å². The van der Waals surface area contributed by atoms with Crippen molar-refractivity contribution in [1.29, 1.82) is 0 Å². The Labute approximate surface area is 72.9 Å². The highest BCUT2D eigenvalue weighted by molar-refractivity contribution is 8.13. The van der Waals surface area contributed by atoms with Gasteiger partial charge in [-0.3, -0.25) is 0 Å². The van der Waals surface area contributed by atoms with Crippen molar-refractivity contribution in [1.82, 2.24) is 0 Å². The van der Waals surface area contributed by atoms with Crippen LogP contribution in [0.1, 0.15) is 0 Å². The molecule has 0 heterocycles. The van der Waals surface area contributed by atoms with Gasteiger partial charge in [0.2, 0.25) is 0 Å². The summed E-state index contributed by atoms with van der Waals surface area (Å²) in [6, 6.07) is 4.52. The second kappa shape index (κ2) is 3.37. The summed E-state index contributed by atoms with van der Waals surface area (Å²) in [5.74, 6) is 3.51. The Morgan fingerprint density at radius 2 is 2.18 bits per heavy atom. The van der Waals surface area contributed by atoms with E-state index in [1.165, 1.54) is 12.1 Å². The SMILES string of the molecule is C=S(C)c1cc(Cl)ccc1F. The number of rotatable bonds is 1. The van der Waals surface area contributed by atoms with Crippen molar-refractivity contribution < 1.29 is 4.39 Å². The molecule has 0 amide bonds. The number of hydrogen-bond acceptors (Lipinski definition) is 0. The lowest BCUT2D eigenvalue weighted by Crippen LogP contribution is -1.80. The van der Waals surface area contributed by atoms with Gasteiger partial charge in [-0.15, -0.1) is 0 Å². The average Bonchev–Trinajstić information content (AvgIpc) is 1.94. The third-order valence-corrected chi connectivity index (χ3v) is 2.57. The fourth-order valence-electron chi connectivity index (χ4n) is 0.744. The molecule has 0 aliphatic heterocycles. The van der Waals surface area contributed by atoms with Gasteiger partial charge in [-0.25, -0.2) is 4.39 Å². The van der Waals surface area contributed by atoms with Crippen molar-refractivity contribution in [2.75, 3.05) is 6.26 Å². The van der Waals surface area contributed by atoms with E-state index >= 15 is 0 Å². The molecule has 0 aliphatic rings. The maximum atomic E-state index is 12.9. The highest BCUT2D eigenvalue weighted by atomic mass is 35.5. The smallest absolute Gasteiger partial charge is 0.136 e. The first-order valence-corrected chi connectivity index (χ1v) is 5.20. The maximum absolute atomic E-state index is 12.9. The molecule has 1 unspecified atom stereocenters. The molecule has 0 saturated carbocycles. The van der Waals surface area contributed by atoms with Crippen LogP contribution in [0.25, 0.3) is 0 Å². The Balaban J connectivity index is 3.23. The molecule has 3 heteroatoms. The molecule has 0 aromatic heterocycles. The molecule has 0 saturated heterocycles. The van der Waals surface area contributed by atoms with E-state index in [2.05, 4.69) is 5.87 Å². The Hall–Kier alpha value is -0.340. The van der Waals surface area contributed by atoms with Crippen molar-refractivity contribution in [3.8, 4) is 0 Å². The van der Waals surface area contributed by atoms with E-state index in [1.54, 1.807) is 6.07 Å². The van der Waals surface area contributed by atoms with E-state index in [-0.39, 0.29) is 16.3 Å². The second-order valence-electron chi connectivity index (χ2n) is 2.21. The van der Waals surface area contributed by atoms with Crippen LogP contribution in [0.2, 0.25) is 5.02 Å². The summed E-state index contributed by atoms with van der Waals surface area (Å²) in [6.07, 6.45) is 1.86. The van der Waals surface area contributed by atoms with Gasteiger partial charge in [0.25, 0.3) is 0 Å². The van der Waals surface area contributed by atoms with Gasteiger partial charge >= 0.3 is 0 Å². The molecule has 1 aromatic carbocycles. The van der Waals surface area contributed by atoms with Crippen LogP contribution in [0.5, 0.6) is 0 Å². The molecule has 0 bridgehead atoms. The number of halogens is 2. The molecule has 0 nitrogen and oxygen atoms in total. The van der Waals surface area contributed by atoms with Gasteiger partial charge in [-0.05, 0) is 24.5 Å². The van der Waals surface area contributed by atoms with E-state index in [0.717, 1.165) is 0 Å². The van der Waals surface area contributed by atoms with E-state index in [4.69, 9.17) is 11.6 Å². The van der Waals surface area contributed by atoms with Crippen LogP contribution < -0.4 is 0 Å². The van der Waals surface area contributed by atoms with Gasteiger partial charge in [-0.2, -0.15) is 10.5 Å². The van der Waals surface area contributed by atoms with Crippen LogP contribution in [0, 0.1) is 5.82 Å². The largest absolute Gasteiger partial charge is 0.206 e. The molecule has 1 rings (SSSR count). The summed E-state index contributed by atoms with van der Waals surface area (Å²) in [6.45, 7) is 0. The van der Waals surface area contributed by atoms with Crippen LogP contribution in [-0.2, 0) is 0 Å². The Morgan fingerprint density at radius 3 is 2.64 bits per heavy atom. The summed E-state index contributed by atoms with van der Waals surface area (Å²) in [4.78, 5) is 0.595. The normalized spacial score (nSPS) is 13.0. The molecule has 0 aliphatic carbocycles. The fraction of sp³-hybridized carbons (Fsp3) is 0.125. The summed E-state index contributed by atoms with van der Waals surface area (Å²) >= 11 is 5.67. The fourth-order valence-corrected chi connectivity index (χ4v) is 1.71. The molecular formula is C8H8ClFS. The number of hydrogen-bond donors (Lipinski definition) is 0. The zero-order valence-electron chi connectivity index (χ0n) is 6.10. The standard InChI is InChI=1S/C8H8ClFS/c1-11(2)8-5-6(9)3-4-7(8)10/h3-5H,1H2,2H3. The predicted molar refractivity (Wildman–Crippen MR) is 50.3 cm³/mol. The van der Waals surface area contributed by atoms with Crippen molar-refractivity contribution in [3.05, 3.63) is 29.0 Å². The Kier molecular flexibility index (Phi) is 2.68. The summed E-state index contributed by atoms with van der Waals surface area (Å²) in [5, 5.41) is 0.560. The van der Waals surface area contributed by atoms with Crippen LogP contribution in [0.3, 0.4) is 0 Å². The molecule has 1 aromatic rings. The van der Waals surface area contributed by atoms with E-state index in [1.807, 2.05) is 6.26 Å². The molecule has 0 spiro atoms. The lowest BCUT2D eigenvalue weighted by atomic mass is 10.3. The molecule has 0 fully saturated rings. The van der Waals surface area contributed by atoms with Crippen molar-refractivity contribution >= 4 is 28.0 Å². The minimum absolute atomic E-state index is 0.227. The molecule has 1 atom stereocenters. The summed E-state index contributed by atoms with van der Waals surface area (Å²) < 4.78 is 12.9. The topological polar surface area (TPSA) is 0 Å². The average molecular weight is 191 g/mol. The third-order valence-electron chi connectivity index (χ3n) is 1.27. The summed E-state index contributed by atoms with van der Waals surface area (Å²) in [7, 11) is -0.310. The first kappa shape index (κ1) is 8.75. The Morgan fingerprint density at radius 1 is 1.55 bits per heavy atom. The monoisotopic (exact) mass is 190 g/mol. The van der Waals surface area contributed by atoms with Crippen molar-refractivity contribution in [3.63, 3.8) is 0 Å². The molecule has 0 N–H and O–H groups in total. The lowest BCUT2D eigenvalue weighted by molar-refractivity contribution is 0.602. The van der Waals surface area contributed by atoms with Crippen LogP contribution >= 0.6 is 22.1 Å². The quantitative estimate of drug-likeness (QED) is 0.597. The summed E-state index contributed by atoms with van der Waals surface area (Å²) in [5.41, 5.74) is 0. The molecular weight excluding hydrogens is 183 g/mol. The third kappa shape index (κ3) is 2.04. The van der Waals surface area contributed by atoms with Gasteiger partial charge < -0.3 is 0 Å². The first-order valence-electron chi connectivity index (χ1n) is 3.02. The predicted octanol–water partition coefficient (Wildman–Crippen LogP) is 3.17. The van der Waals surface area contributed by atoms with Gasteiger partial charge in [-0.1, -0.05) is 17.5 Å². The van der Waals surface area contributed by atoms with Crippen LogP contribution in [-0.4, -0.2) is 12.1 Å². The first-order chi connectivity index (χ1) is 5.11. The lowest BCUT2D eigenvalue weighted by Gasteiger charge is -2.02. The van der Waals surface area contributed by atoms with Crippen LogP contribution in [0.15, 0.2) is 23.1 Å². The van der Waals surface area contributed by atoms with E-state index in [0.29, 0.717) is 9.92 Å². The van der Waals surface area contributed by atoms with Crippen LogP contribution in [0.4, 0.5) is 4.39 Å². The van der Waals surface area contributed by atoms with Crippen molar-refractivity contribution in [2.24, 2.45) is 0 Å². The minimum atomic E-state index is -0.310.